The molecule has 3 nitrogen and oxygen atoms in total. The van der Waals surface area contributed by atoms with E-state index in [1.165, 1.54) is 11.3 Å². The Morgan fingerprint density at radius 3 is 3.25 bits per heavy atom. The Bertz CT molecular complexity index is 323. The second-order valence-electron chi connectivity index (χ2n) is 2.60. The van der Waals surface area contributed by atoms with E-state index < -0.39 is 0 Å². The largest absolute Gasteiger partial charge is 0.351 e. The molecule has 2 rings (SSSR count). The van der Waals surface area contributed by atoms with Crippen LogP contribution in [0.2, 0.25) is 0 Å². The van der Waals surface area contributed by atoms with Gasteiger partial charge in [0.2, 0.25) is 0 Å². The quantitative estimate of drug-likeness (QED) is 0.756. The number of nitrogens with zero attached hydrogens (tertiary/aromatic N) is 1. The van der Waals surface area contributed by atoms with E-state index in [1.807, 2.05) is 0 Å². The number of carbonyl (C=O) groups excluding carboxylic acids is 1. The second-order valence-corrected chi connectivity index (χ2v) is 4.88. The minimum Gasteiger partial charge on any atom is -0.351 e. The van der Waals surface area contributed by atoms with Crippen molar-refractivity contribution < 1.29 is 4.79 Å². The van der Waals surface area contributed by atoms with Crippen LogP contribution in [-0.2, 0) is 6.42 Å². The van der Waals surface area contributed by atoms with Gasteiger partial charge in [0.05, 0.1) is 5.69 Å². The molecule has 1 amide bonds. The summed E-state index contributed by atoms with van der Waals surface area (Å²) >= 11 is 4.68. The number of amides is 1. The van der Waals surface area contributed by atoms with Crippen LogP contribution < -0.4 is 5.32 Å². The molecule has 5 heteroatoms. The molecule has 0 saturated heterocycles. The van der Waals surface area contributed by atoms with Crippen molar-refractivity contribution in [3.05, 3.63) is 14.5 Å². The zero-order chi connectivity index (χ0) is 8.55. The lowest BCUT2D eigenvalue weighted by Crippen LogP contribution is -2.21. The van der Waals surface area contributed by atoms with E-state index in [4.69, 9.17) is 0 Å². The molecule has 2 heterocycles. The third-order valence-corrected chi connectivity index (χ3v) is 3.30. The summed E-state index contributed by atoms with van der Waals surface area (Å²) in [6.07, 6.45) is 1.88. The number of hydrogen-bond acceptors (Lipinski definition) is 3. The second kappa shape index (κ2) is 3.14. The third kappa shape index (κ3) is 1.38. The summed E-state index contributed by atoms with van der Waals surface area (Å²) in [6, 6.07) is 0. The molecule has 1 aromatic heterocycles. The van der Waals surface area contributed by atoms with Gasteiger partial charge in [0.15, 0.2) is 3.92 Å². The molecule has 1 aromatic rings. The topological polar surface area (TPSA) is 42.0 Å². The summed E-state index contributed by atoms with van der Waals surface area (Å²) < 4.78 is 0.796. The number of nitrogens with one attached hydrogen (secondary N) is 1. The number of carbonyl (C=O) groups is 1. The van der Waals surface area contributed by atoms with Crippen molar-refractivity contribution >= 4 is 33.2 Å². The first kappa shape index (κ1) is 8.19. The Morgan fingerprint density at radius 1 is 1.58 bits per heavy atom. The summed E-state index contributed by atoms with van der Waals surface area (Å²) in [5.41, 5.74) is 0.932. The normalized spacial score (nSPS) is 16.6. The van der Waals surface area contributed by atoms with Crippen LogP contribution in [0.1, 0.15) is 21.8 Å². The predicted octanol–water partition coefficient (Wildman–Crippen LogP) is 1.58. The fourth-order valence-electron chi connectivity index (χ4n) is 1.21. The molecule has 64 valence electrons. The van der Waals surface area contributed by atoms with Crippen molar-refractivity contribution in [2.45, 2.75) is 12.8 Å². The molecular formula is C7H7BrN2OS. The van der Waals surface area contributed by atoms with Crippen molar-refractivity contribution in [1.29, 1.82) is 0 Å². The van der Waals surface area contributed by atoms with Gasteiger partial charge in [0.25, 0.3) is 5.91 Å². The highest BCUT2D eigenvalue weighted by Gasteiger charge is 2.19. The predicted molar refractivity (Wildman–Crippen MR) is 50.5 cm³/mol. The van der Waals surface area contributed by atoms with Crippen LogP contribution in [0.15, 0.2) is 3.92 Å². The van der Waals surface area contributed by atoms with Crippen LogP contribution in [0.3, 0.4) is 0 Å². The molecule has 1 aliphatic rings. The first-order valence-electron chi connectivity index (χ1n) is 3.71. The van der Waals surface area contributed by atoms with Crippen molar-refractivity contribution in [2.75, 3.05) is 6.54 Å². The maximum atomic E-state index is 11.4. The molecule has 0 spiro atoms. The van der Waals surface area contributed by atoms with Gasteiger partial charge in [-0.15, -0.1) is 11.3 Å². The van der Waals surface area contributed by atoms with Crippen LogP contribution >= 0.6 is 27.3 Å². The average Bonchev–Trinajstić information content (AvgIpc) is 2.33. The number of halogens is 1. The maximum Gasteiger partial charge on any atom is 0.263 e. The molecule has 0 atom stereocenters. The minimum absolute atomic E-state index is 0.0192. The summed E-state index contributed by atoms with van der Waals surface area (Å²) in [6.45, 7) is 0.763. The van der Waals surface area contributed by atoms with Crippen LogP contribution in [0.25, 0.3) is 0 Å². The Labute approximate surface area is 82.3 Å². The zero-order valence-corrected chi connectivity index (χ0v) is 8.67. The van der Waals surface area contributed by atoms with Gasteiger partial charge in [0.1, 0.15) is 4.88 Å². The molecule has 1 aliphatic heterocycles. The molecule has 1 N–H and O–H groups in total. The van der Waals surface area contributed by atoms with E-state index in [1.54, 1.807) is 0 Å². The standard InChI is InChI=1S/C7H7BrN2OS/c8-7-10-4-2-1-3-9-6(11)5(4)12-7/h1-3H2,(H,9,11). The molecule has 0 unspecified atom stereocenters. The molecule has 0 bridgehead atoms. The lowest BCUT2D eigenvalue weighted by atomic mass is 10.2. The van der Waals surface area contributed by atoms with Crippen molar-refractivity contribution in [3.63, 3.8) is 0 Å². The van der Waals surface area contributed by atoms with E-state index in [9.17, 15) is 4.79 Å². The van der Waals surface area contributed by atoms with E-state index in [0.717, 1.165) is 33.9 Å². The fourth-order valence-corrected chi connectivity index (χ4v) is 2.66. The highest BCUT2D eigenvalue weighted by molar-refractivity contribution is 9.11. The van der Waals surface area contributed by atoms with Crippen molar-refractivity contribution in [3.8, 4) is 0 Å². The Kier molecular flexibility index (Phi) is 2.14. The third-order valence-electron chi connectivity index (χ3n) is 1.75. The van der Waals surface area contributed by atoms with Gasteiger partial charge in [-0.1, -0.05) is 0 Å². The van der Waals surface area contributed by atoms with E-state index in [-0.39, 0.29) is 5.91 Å². The average molecular weight is 247 g/mol. The Balaban J connectivity index is 2.44. The number of aryl methyl sites for hydroxylation is 1. The molecule has 0 saturated carbocycles. The Hall–Kier alpha value is -0.420. The Morgan fingerprint density at radius 2 is 2.42 bits per heavy atom. The van der Waals surface area contributed by atoms with Crippen LogP contribution in [0.5, 0.6) is 0 Å². The van der Waals surface area contributed by atoms with Gasteiger partial charge in [0, 0.05) is 6.54 Å². The fraction of sp³-hybridized carbons (Fsp3) is 0.429. The number of rotatable bonds is 0. The van der Waals surface area contributed by atoms with Crippen molar-refractivity contribution in [1.82, 2.24) is 10.3 Å². The monoisotopic (exact) mass is 246 g/mol. The van der Waals surface area contributed by atoms with Gasteiger partial charge >= 0.3 is 0 Å². The summed E-state index contributed by atoms with van der Waals surface area (Å²) in [5, 5.41) is 2.82. The molecule has 0 fully saturated rings. The molecular weight excluding hydrogens is 240 g/mol. The van der Waals surface area contributed by atoms with Gasteiger partial charge in [-0.3, -0.25) is 4.79 Å². The lowest BCUT2D eigenvalue weighted by Gasteiger charge is -1.95. The molecule has 12 heavy (non-hydrogen) atoms. The summed E-state index contributed by atoms with van der Waals surface area (Å²) in [4.78, 5) is 16.4. The molecule has 0 aliphatic carbocycles. The minimum atomic E-state index is 0.0192. The van der Waals surface area contributed by atoms with Gasteiger partial charge in [-0.05, 0) is 28.8 Å². The number of hydrogen-bond donors (Lipinski definition) is 1. The first-order chi connectivity index (χ1) is 5.77. The lowest BCUT2D eigenvalue weighted by molar-refractivity contribution is 0.0960. The van der Waals surface area contributed by atoms with Gasteiger partial charge in [-0.25, -0.2) is 4.98 Å². The van der Waals surface area contributed by atoms with E-state index in [0.29, 0.717) is 0 Å². The van der Waals surface area contributed by atoms with Crippen molar-refractivity contribution in [2.24, 2.45) is 0 Å². The number of thiazole rings is 1. The van der Waals surface area contributed by atoms with E-state index in [2.05, 4.69) is 26.2 Å². The highest BCUT2D eigenvalue weighted by atomic mass is 79.9. The molecule has 0 radical (unpaired) electrons. The van der Waals surface area contributed by atoms with Gasteiger partial charge in [-0.2, -0.15) is 0 Å². The van der Waals surface area contributed by atoms with Gasteiger partial charge < -0.3 is 5.32 Å². The summed E-state index contributed by atoms with van der Waals surface area (Å²) in [5.74, 6) is 0.0192. The zero-order valence-electron chi connectivity index (χ0n) is 6.26. The first-order valence-corrected chi connectivity index (χ1v) is 5.32. The smallest absolute Gasteiger partial charge is 0.263 e. The number of fused-ring (bicyclic) bond motifs is 1. The molecule has 0 aromatic carbocycles. The SMILES string of the molecule is O=C1NCCCc2nc(Br)sc21. The number of aromatic nitrogens is 1. The summed E-state index contributed by atoms with van der Waals surface area (Å²) in [7, 11) is 0. The van der Waals surface area contributed by atoms with Crippen LogP contribution in [-0.4, -0.2) is 17.4 Å². The van der Waals surface area contributed by atoms with Crippen LogP contribution in [0, 0.1) is 0 Å². The van der Waals surface area contributed by atoms with Crippen LogP contribution in [0.4, 0.5) is 0 Å². The van der Waals surface area contributed by atoms with E-state index >= 15 is 0 Å². The maximum absolute atomic E-state index is 11.4. The highest BCUT2D eigenvalue weighted by Crippen LogP contribution is 2.25.